The maximum atomic E-state index is 12.3. The number of anilines is 1. The maximum absolute atomic E-state index is 12.3. The summed E-state index contributed by atoms with van der Waals surface area (Å²) < 4.78 is 11.2. The van der Waals surface area contributed by atoms with Crippen LogP contribution in [-0.2, 0) is 11.3 Å². The van der Waals surface area contributed by atoms with E-state index in [1.54, 1.807) is 11.0 Å². The van der Waals surface area contributed by atoms with Crippen LogP contribution in [0.15, 0.2) is 12.1 Å². The molecule has 1 atom stereocenters. The van der Waals surface area contributed by atoms with Gasteiger partial charge in [0.25, 0.3) is 0 Å². The molecule has 2 N–H and O–H groups in total. The first kappa shape index (κ1) is 18.3. The topological polar surface area (TPSA) is 99.5 Å². The second-order valence-corrected chi connectivity index (χ2v) is 7.49. The largest absolute Gasteiger partial charge is 0.489 e. The van der Waals surface area contributed by atoms with Crippen LogP contribution in [0, 0.1) is 0 Å². The molecule has 2 aliphatic rings. The van der Waals surface area contributed by atoms with E-state index in [2.05, 4.69) is 4.90 Å². The average molecular weight is 364 g/mol. The third-order valence-electron chi connectivity index (χ3n) is 4.49. The predicted octanol–water partition coefficient (Wildman–Crippen LogP) is 1.70. The van der Waals surface area contributed by atoms with Crippen molar-refractivity contribution in [2.24, 2.45) is 0 Å². The van der Waals surface area contributed by atoms with Crippen molar-refractivity contribution < 1.29 is 29.3 Å². The molecule has 0 aromatic heterocycles. The van der Waals surface area contributed by atoms with Crippen LogP contribution in [0.4, 0.5) is 10.5 Å². The van der Waals surface area contributed by atoms with E-state index >= 15 is 0 Å². The van der Waals surface area contributed by atoms with Gasteiger partial charge in [0, 0.05) is 25.2 Å². The molecule has 0 spiro atoms. The van der Waals surface area contributed by atoms with Gasteiger partial charge in [0.15, 0.2) is 0 Å². The first-order valence-corrected chi connectivity index (χ1v) is 8.58. The summed E-state index contributed by atoms with van der Waals surface area (Å²) in [6.45, 7) is 6.93. The van der Waals surface area contributed by atoms with Crippen LogP contribution in [0.2, 0.25) is 0 Å². The Kier molecular flexibility index (Phi) is 4.70. The normalized spacial score (nSPS) is 19.3. The second kappa shape index (κ2) is 6.68. The molecule has 8 nitrogen and oxygen atoms in total. The number of aromatic carboxylic acids is 1. The van der Waals surface area contributed by atoms with Crippen LogP contribution in [0.25, 0.3) is 0 Å². The minimum Gasteiger partial charge on any atom is -0.489 e. The number of piperazine rings is 1. The van der Waals surface area contributed by atoms with Gasteiger partial charge in [-0.3, -0.25) is 0 Å². The predicted molar refractivity (Wildman–Crippen MR) is 93.8 cm³/mol. The van der Waals surface area contributed by atoms with Crippen molar-refractivity contribution in [3.63, 3.8) is 0 Å². The summed E-state index contributed by atoms with van der Waals surface area (Å²) in [5.74, 6) is -0.688. The zero-order chi connectivity index (χ0) is 19.1. The van der Waals surface area contributed by atoms with Crippen LogP contribution in [0.5, 0.6) is 5.75 Å². The fourth-order valence-corrected chi connectivity index (χ4v) is 3.35. The van der Waals surface area contributed by atoms with E-state index in [0.717, 1.165) is 5.69 Å². The van der Waals surface area contributed by atoms with Crippen molar-refractivity contribution >= 4 is 17.7 Å². The lowest BCUT2D eigenvalue weighted by molar-refractivity contribution is 0.0194. The van der Waals surface area contributed by atoms with E-state index in [1.165, 1.54) is 6.07 Å². The maximum Gasteiger partial charge on any atom is 0.410 e. The molecule has 26 heavy (non-hydrogen) atoms. The van der Waals surface area contributed by atoms with Gasteiger partial charge in [-0.25, -0.2) is 9.59 Å². The smallest absolute Gasteiger partial charge is 0.410 e. The van der Waals surface area contributed by atoms with Crippen molar-refractivity contribution in [2.75, 3.05) is 31.1 Å². The number of carbonyl (C=O) groups excluding carboxylic acids is 1. The zero-order valence-corrected chi connectivity index (χ0v) is 15.2. The lowest BCUT2D eigenvalue weighted by Crippen LogP contribution is -2.59. The minimum absolute atomic E-state index is 0.0390. The van der Waals surface area contributed by atoms with Gasteiger partial charge in [-0.05, 0) is 32.9 Å². The summed E-state index contributed by atoms with van der Waals surface area (Å²) in [4.78, 5) is 27.4. The van der Waals surface area contributed by atoms with Gasteiger partial charge < -0.3 is 29.5 Å². The van der Waals surface area contributed by atoms with E-state index in [1.807, 2.05) is 20.8 Å². The Bertz CT molecular complexity index is 727. The van der Waals surface area contributed by atoms with E-state index < -0.39 is 18.2 Å². The number of fused-ring (bicyclic) bond motifs is 3. The molecule has 1 fully saturated rings. The third kappa shape index (κ3) is 3.41. The quantitative estimate of drug-likeness (QED) is 0.824. The van der Waals surface area contributed by atoms with Gasteiger partial charge in [-0.1, -0.05) is 0 Å². The molecule has 2 aliphatic heterocycles. The number of carboxylic acid groups (broad SMARTS) is 1. The van der Waals surface area contributed by atoms with Crippen LogP contribution < -0.4 is 9.64 Å². The summed E-state index contributed by atoms with van der Waals surface area (Å²) in [5.41, 5.74) is 0.520. The Morgan fingerprint density at radius 1 is 1.31 bits per heavy atom. The highest BCUT2D eigenvalue weighted by molar-refractivity contribution is 5.92. The Labute approximate surface area is 151 Å². The number of benzene rings is 1. The van der Waals surface area contributed by atoms with Crippen LogP contribution in [0.1, 0.15) is 36.7 Å². The second-order valence-electron chi connectivity index (χ2n) is 7.49. The average Bonchev–Trinajstić information content (AvgIpc) is 2.58. The highest BCUT2D eigenvalue weighted by atomic mass is 16.6. The molecule has 2 heterocycles. The van der Waals surface area contributed by atoms with E-state index in [9.17, 15) is 19.8 Å². The summed E-state index contributed by atoms with van der Waals surface area (Å²) >= 11 is 0. The van der Waals surface area contributed by atoms with Crippen molar-refractivity contribution in [3.8, 4) is 5.75 Å². The molecule has 3 rings (SSSR count). The lowest BCUT2D eigenvalue weighted by atomic mass is 10.0. The first-order valence-electron chi connectivity index (χ1n) is 8.58. The van der Waals surface area contributed by atoms with E-state index in [-0.39, 0.29) is 23.3 Å². The van der Waals surface area contributed by atoms with Gasteiger partial charge in [0.05, 0.1) is 23.9 Å². The van der Waals surface area contributed by atoms with Gasteiger partial charge in [0.1, 0.15) is 18.0 Å². The SMILES string of the molecule is CC(C)(C)OC(=O)N1CCN2c3ccc(C(=O)O)c(CO)c3OC[C@@H]2C1. The van der Waals surface area contributed by atoms with Crippen molar-refractivity contribution in [1.29, 1.82) is 0 Å². The van der Waals surface area contributed by atoms with Gasteiger partial charge in [-0.2, -0.15) is 0 Å². The van der Waals surface area contributed by atoms with Gasteiger partial charge >= 0.3 is 12.1 Å². The Morgan fingerprint density at radius 2 is 2.04 bits per heavy atom. The van der Waals surface area contributed by atoms with Crippen molar-refractivity contribution in [3.05, 3.63) is 23.3 Å². The Hall–Kier alpha value is -2.48. The monoisotopic (exact) mass is 364 g/mol. The number of hydrogen-bond acceptors (Lipinski definition) is 6. The summed E-state index contributed by atoms with van der Waals surface area (Å²) in [6.07, 6.45) is -0.347. The molecule has 142 valence electrons. The number of rotatable bonds is 2. The molecule has 1 amide bonds. The number of aliphatic hydroxyl groups excluding tert-OH is 1. The molecule has 0 unspecified atom stereocenters. The number of hydrogen-bond donors (Lipinski definition) is 2. The summed E-state index contributed by atoms with van der Waals surface area (Å²) in [5, 5.41) is 18.9. The van der Waals surface area contributed by atoms with Crippen LogP contribution in [-0.4, -0.2) is 65.1 Å². The first-order chi connectivity index (χ1) is 12.2. The number of carbonyl (C=O) groups is 2. The molecule has 0 radical (unpaired) electrons. The molecule has 8 heteroatoms. The molecule has 1 aromatic rings. The molecule has 0 aliphatic carbocycles. The van der Waals surface area contributed by atoms with Crippen LogP contribution >= 0.6 is 0 Å². The number of ether oxygens (including phenoxy) is 2. The number of nitrogens with zero attached hydrogens (tertiary/aromatic N) is 2. The fourth-order valence-electron chi connectivity index (χ4n) is 3.35. The number of carboxylic acids is 1. The summed E-state index contributed by atoms with van der Waals surface area (Å²) in [7, 11) is 0. The molecular weight excluding hydrogens is 340 g/mol. The molecule has 1 saturated heterocycles. The fraction of sp³-hybridized carbons (Fsp3) is 0.556. The zero-order valence-electron chi connectivity index (χ0n) is 15.2. The van der Waals surface area contributed by atoms with Gasteiger partial charge in [0.2, 0.25) is 0 Å². The third-order valence-corrected chi connectivity index (χ3v) is 4.49. The highest BCUT2D eigenvalue weighted by Crippen LogP contribution is 2.40. The molecule has 0 saturated carbocycles. The molecule has 0 bridgehead atoms. The summed E-state index contributed by atoms with van der Waals surface area (Å²) in [6, 6.07) is 3.14. The minimum atomic E-state index is -1.10. The lowest BCUT2D eigenvalue weighted by Gasteiger charge is -2.46. The van der Waals surface area contributed by atoms with Crippen LogP contribution in [0.3, 0.4) is 0 Å². The van der Waals surface area contributed by atoms with E-state index in [0.29, 0.717) is 32.0 Å². The Balaban J connectivity index is 1.81. The van der Waals surface area contributed by atoms with Crippen molar-refractivity contribution in [1.82, 2.24) is 4.90 Å². The number of aliphatic hydroxyl groups is 1. The standard InChI is InChI=1S/C18H24N2O6/c1-18(2,3)26-17(24)19-6-7-20-11(8-19)10-25-15-13(9-21)12(16(22)23)4-5-14(15)20/h4-5,11,21H,6-10H2,1-3H3,(H,22,23)/t11-/m0/s1. The molecular formula is C18H24N2O6. The van der Waals surface area contributed by atoms with Crippen molar-refractivity contribution in [2.45, 2.75) is 39.0 Å². The highest BCUT2D eigenvalue weighted by Gasteiger charge is 2.37. The Morgan fingerprint density at radius 3 is 2.65 bits per heavy atom. The van der Waals surface area contributed by atoms with E-state index in [4.69, 9.17) is 9.47 Å². The van der Waals surface area contributed by atoms with Gasteiger partial charge in [-0.15, -0.1) is 0 Å². The molecule has 1 aromatic carbocycles. The number of amides is 1.